The van der Waals surface area contributed by atoms with Gasteiger partial charge in [0.15, 0.2) is 0 Å². The lowest BCUT2D eigenvalue weighted by Crippen LogP contribution is -2.31. The quantitative estimate of drug-likeness (QED) is 0.800. The molecule has 0 amide bonds. The van der Waals surface area contributed by atoms with Crippen molar-refractivity contribution in [3.63, 3.8) is 0 Å². The predicted molar refractivity (Wildman–Crippen MR) is 72.5 cm³/mol. The zero-order valence-electron chi connectivity index (χ0n) is 10.8. The molecule has 2 aromatic rings. The Morgan fingerprint density at radius 2 is 2.00 bits per heavy atom. The summed E-state index contributed by atoms with van der Waals surface area (Å²) in [6.45, 7) is 5.76. The number of carbonyl (C=O) groups is 1. The number of nitrogens with zero attached hydrogens (tertiary/aromatic N) is 1. The van der Waals surface area contributed by atoms with Gasteiger partial charge in [0.05, 0.1) is 5.52 Å². The summed E-state index contributed by atoms with van der Waals surface area (Å²) in [5, 5.41) is 10.5. The molecule has 0 saturated carbocycles. The maximum absolute atomic E-state index is 11.5. The van der Waals surface area contributed by atoms with E-state index in [0.717, 1.165) is 10.9 Å². The minimum Gasteiger partial charge on any atom is -0.480 e. The van der Waals surface area contributed by atoms with Gasteiger partial charge in [-0.1, -0.05) is 26.8 Å². The third-order valence-electron chi connectivity index (χ3n) is 3.08. The summed E-state index contributed by atoms with van der Waals surface area (Å²) in [6, 6.07) is 6.84. The van der Waals surface area contributed by atoms with Crippen LogP contribution in [-0.2, 0) is 4.79 Å². The Labute approximate surface area is 106 Å². The highest BCUT2D eigenvalue weighted by Gasteiger charge is 2.33. The number of rotatable bonds is 2. The molecular formula is C14H18N2O2. The molecule has 1 heterocycles. The summed E-state index contributed by atoms with van der Waals surface area (Å²) in [5.74, 6) is -0.831. The number of aliphatic carboxylic acids is 1. The molecule has 0 aliphatic rings. The topological polar surface area (TPSA) is 68.2 Å². The van der Waals surface area contributed by atoms with Gasteiger partial charge >= 0.3 is 5.97 Å². The molecule has 0 saturated heterocycles. The van der Waals surface area contributed by atoms with Gasteiger partial charge in [-0.15, -0.1) is 0 Å². The average Bonchev–Trinajstić information content (AvgIpc) is 2.59. The van der Waals surface area contributed by atoms with Gasteiger partial charge in [-0.25, -0.2) is 4.79 Å². The minimum atomic E-state index is -0.831. The number of aromatic nitrogens is 1. The fraction of sp³-hybridized carbons (Fsp3) is 0.357. The van der Waals surface area contributed by atoms with Gasteiger partial charge in [-0.3, -0.25) is 0 Å². The van der Waals surface area contributed by atoms with E-state index in [4.69, 9.17) is 5.73 Å². The lowest BCUT2D eigenvalue weighted by atomic mass is 9.86. The molecule has 0 spiro atoms. The molecule has 0 bridgehead atoms. The van der Waals surface area contributed by atoms with E-state index in [1.807, 2.05) is 51.2 Å². The van der Waals surface area contributed by atoms with Crippen LogP contribution >= 0.6 is 0 Å². The standard InChI is InChI=1S/C14H18N2O2/c1-14(2,3)12(13(17)18)16-7-6-9-4-5-10(15)8-11(9)16/h4-8,12H,15H2,1-3H3,(H,17,18). The van der Waals surface area contributed by atoms with Gasteiger partial charge in [0.2, 0.25) is 0 Å². The number of hydrogen-bond donors (Lipinski definition) is 2. The van der Waals surface area contributed by atoms with E-state index >= 15 is 0 Å². The van der Waals surface area contributed by atoms with Crippen LogP contribution in [0.3, 0.4) is 0 Å². The lowest BCUT2D eigenvalue weighted by Gasteiger charge is -2.29. The predicted octanol–water partition coefficient (Wildman–Crippen LogP) is 2.90. The van der Waals surface area contributed by atoms with Crippen molar-refractivity contribution < 1.29 is 9.90 Å². The van der Waals surface area contributed by atoms with Crippen molar-refractivity contribution in [2.75, 3.05) is 5.73 Å². The molecule has 0 aliphatic heterocycles. The highest BCUT2D eigenvalue weighted by atomic mass is 16.4. The lowest BCUT2D eigenvalue weighted by molar-refractivity contribution is -0.144. The van der Waals surface area contributed by atoms with Crippen LogP contribution in [0.2, 0.25) is 0 Å². The maximum atomic E-state index is 11.5. The maximum Gasteiger partial charge on any atom is 0.327 e. The van der Waals surface area contributed by atoms with Crippen LogP contribution in [0.1, 0.15) is 26.8 Å². The third-order valence-corrected chi connectivity index (χ3v) is 3.08. The van der Waals surface area contributed by atoms with Crippen LogP contribution in [0.15, 0.2) is 30.5 Å². The van der Waals surface area contributed by atoms with Gasteiger partial charge in [0.25, 0.3) is 0 Å². The number of nitrogens with two attached hydrogens (primary N) is 1. The summed E-state index contributed by atoms with van der Waals surface area (Å²) < 4.78 is 1.79. The van der Waals surface area contributed by atoms with Crippen LogP contribution in [0.4, 0.5) is 5.69 Å². The third kappa shape index (κ3) is 2.06. The Morgan fingerprint density at radius 1 is 1.33 bits per heavy atom. The Morgan fingerprint density at radius 3 is 2.56 bits per heavy atom. The zero-order chi connectivity index (χ0) is 13.5. The van der Waals surface area contributed by atoms with E-state index in [1.165, 1.54) is 0 Å². The van der Waals surface area contributed by atoms with Gasteiger partial charge < -0.3 is 15.4 Å². The molecule has 1 unspecified atom stereocenters. The molecule has 3 N–H and O–H groups in total. The Bertz CT molecular complexity index is 593. The molecule has 1 atom stereocenters. The van der Waals surface area contributed by atoms with Crippen LogP contribution in [0.5, 0.6) is 0 Å². The van der Waals surface area contributed by atoms with Crippen LogP contribution in [0, 0.1) is 5.41 Å². The number of carboxylic acids is 1. The highest BCUT2D eigenvalue weighted by Crippen LogP contribution is 2.34. The van der Waals surface area contributed by atoms with Gasteiger partial charge in [0.1, 0.15) is 6.04 Å². The number of fused-ring (bicyclic) bond motifs is 1. The largest absolute Gasteiger partial charge is 0.480 e. The molecule has 1 aromatic heterocycles. The Hall–Kier alpha value is -1.97. The molecule has 2 rings (SSSR count). The molecule has 18 heavy (non-hydrogen) atoms. The van der Waals surface area contributed by atoms with Gasteiger partial charge in [-0.05, 0) is 29.0 Å². The van der Waals surface area contributed by atoms with Crippen molar-refractivity contribution in [2.45, 2.75) is 26.8 Å². The van der Waals surface area contributed by atoms with Gasteiger partial charge in [0, 0.05) is 11.9 Å². The summed E-state index contributed by atoms with van der Waals surface area (Å²) in [6.07, 6.45) is 1.81. The zero-order valence-corrected chi connectivity index (χ0v) is 10.8. The SMILES string of the molecule is CC(C)(C)C(C(=O)O)n1ccc2ccc(N)cc21. The first-order valence-electron chi connectivity index (χ1n) is 5.89. The minimum absolute atomic E-state index is 0.373. The molecule has 0 fully saturated rings. The molecule has 4 nitrogen and oxygen atoms in total. The molecule has 4 heteroatoms. The smallest absolute Gasteiger partial charge is 0.327 e. The van der Waals surface area contributed by atoms with E-state index in [0.29, 0.717) is 5.69 Å². The summed E-state index contributed by atoms with van der Waals surface area (Å²) >= 11 is 0. The number of anilines is 1. The van der Waals surface area contributed by atoms with Gasteiger partial charge in [-0.2, -0.15) is 0 Å². The highest BCUT2D eigenvalue weighted by molar-refractivity contribution is 5.85. The Kier molecular flexibility index (Phi) is 2.81. The van der Waals surface area contributed by atoms with Crippen molar-refractivity contribution in [3.05, 3.63) is 30.5 Å². The first-order chi connectivity index (χ1) is 8.30. The van der Waals surface area contributed by atoms with Crippen LogP contribution in [0.25, 0.3) is 10.9 Å². The molecule has 1 aromatic carbocycles. The van der Waals surface area contributed by atoms with E-state index < -0.39 is 12.0 Å². The first-order valence-corrected chi connectivity index (χ1v) is 5.89. The fourth-order valence-electron chi connectivity index (χ4n) is 2.30. The normalized spacial score (nSPS) is 13.7. The van der Waals surface area contributed by atoms with Crippen molar-refractivity contribution >= 4 is 22.6 Å². The van der Waals surface area contributed by atoms with Crippen LogP contribution < -0.4 is 5.73 Å². The molecule has 0 radical (unpaired) electrons. The summed E-state index contributed by atoms with van der Waals surface area (Å²) in [5.41, 5.74) is 6.90. The van der Waals surface area contributed by atoms with Crippen LogP contribution in [-0.4, -0.2) is 15.6 Å². The molecular weight excluding hydrogens is 228 g/mol. The van der Waals surface area contributed by atoms with E-state index in [2.05, 4.69) is 0 Å². The molecule has 96 valence electrons. The molecule has 0 aliphatic carbocycles. The first kappa shape index (κ1) is 12.5. The second-order valence-corrected chi connectivity index (χ2v) is 5.65. The van der Waals surface area contributed by atoms with Crippen molar-refractivity contribution in [2.24, 2.45) is 5.41 Å². The number of carboxylic acid groups (broad SMARTS) is 1. The Balaban J connectivity index is 2.65. The average molecular weight is 246 g/mol. The van der Waals surface area contributed by atoms with Crippen molar-refractivity contribution in [1.29, 1.82) is 0 Å². The number of nitrogen functional groups attached to an aromatic ring is 1. The fourth-order valence-corrected chi connectivity index (χ4v) is 2.30. The monoisotopic (exact) mass is 246 g/mol. The number of hydrogen-bond acceptors (Lipinski definition) is 2. The summed E-state index contributed by atoms with van der Waals surface area (Å²) in [7, 11) is 0. The van der Waals surface area contributed by atoms with E-state index in [9.17, 15) is 9.90 Å². The van der Waals surface area contributed by atoms with E-state index in [1.54, 1.807) is 4.57 Å². The summed E-state index contributed by atoms with van der Waals surface area (Å²) in [4.78, 5) is 11.5. The second-order valence-electron chi connectivity index (χ2n) is 5.65. The van der Waals surface area contributed by atoms with E-state index in [-0.39, 0.29) is 5.41 Å². The van der Waals surface area contributed by atoms with Crippen molar-refractivity contribution in [1.82, 2.24) is 4.57 Å². The van der Waals surface area contributed by atoms with Crippen molar-refractivity contribution in [3.8, 4) is 0 Å². The number of benzene rings is 1. The second kappa shape index (κ2) is 4.05.